The monoisotopic (exact) mass is 383 g/mol. The van der Waals surface area contributed by atoms with Gasteiger partial charge in [0.05, 0.1) is 0 Å². The summed E-state index contributed by atoms with van der Waals surface area (Å²) in [6.07, 6.45) is 5.36. The number of benzene rings is 1. The maximum absolute atomic E-state index is 5.76. The van der Waals surface area contributed by atoms with Crippen molar-refractivity contribution in [3.63, 3.8) is 0 Å². The van der Waals surface area contributed by atoms with Gasteiger partial charge in [-0.2, -0.15) is 0 Å². The lowest BCUT2D eigenvalue weighted by atomic mass is 10.2. The minimum absolute atomic E-state index is 0.521. The number of aryl methyl sites for hydroxylation is 1. The molecule has 0 bridgehead atoms. The van der Waals surface area contributed by atoms with Crippen molar-refractivity contribution in [1.29, 1.82) is 0 Å². The van der Waals surface area contributed by atoms with E-state index in [-0.39, 0.29) is 0 Å². The van der Waals surface area contributed by atoms with Crippen LogP contribution in [0.3, 0.4) is 0 Å². The van der Waals surface area contributed by atoms with Crippen LogP contribution >= 0.6 is 15.9 Å². The van der Waals surface area contributed by atoms with Gasteiger partial charge in [0.25, 0.3) is 0 Å². The summed E-state index contributed by atoms with van der Waals surface area (Å²) in [6.45, 7) is 3.28. The quantitative estimate of drug-likeness (QED) is 0.667. The molecular weight excluding hydrogens is 366 g/mol. The fourth-order valence-corrected chi connectivity index (χ4v) is 2.71. The molecule has 0 aliphatic carbocycles. The first-order chi connectivity index (χ1) is 11.7. The molecule has 1 N–H and O–H groups in total. The molecule has 0 saturated carbocycles. The third-order valence-corrected chi connectivity index (χ3v) is 3.99. The summed E-state index contributed by atoms with van der Waals surface area (Å²) in [5.74, 6) is 1.75. The van der Waals surface area contributed by atoms with Gasteiger partial charge in [0, 0.05) is 35.2 Å². The van der Waals surface area contributed by atoms with Gasteiger partial charge in [-0.25, -0.2) is 4.98 Å². The van der Waals surface area contributed by atoms with Crippen LogP contribution in [0.25, 0.3) is 0 Å². The highest BCUT2D eigenvalue weighted by molar-refractivity contribution is 9.10. The summed E-state index contributed by atoms with van der Waals surface area (Å²) < 4.78 is 6.75. The first-order valence-electron chi connectivity index (χ1n) is 7.67. The smallest absolute Gasteiger partial charge is 0.129 e. The highest BCUT2D eigenvalue weighted by atomic mass is 79.9. The van der Waals surface area contributed by atoms with Crippen molar-refractivity contribution >= 4 is 21.7 Å². The molecule has 1 aromatic carbocycles. The van der Waals surface area contributed by atoms with E-state index < -0.39 is 0 Å². The van der Waals surface area contributed by atoms with Crippen molar-refractivity contribution in [2.75, 3.05) is 5.32 Å². The lowest BCUT2D eigenvalue weighted by Crippen LogP contribution is -2.03. The molecule has 0 saturated heterocycles. The zero-order valence-corrected chi connectivity index (χ0v) is 15.0. The second-order valence-corrected chi connectivity index (χ2v) is 6.38. The topological polar surface area (TPSA) is 47.0 Å². The average Bonchev–Trinajstić information content (AvgIpc) is 2.61. The Morgan fingerprint density at radius 3 is 2.62 bits per heavy atom. The molecule has 0 aliphatic rings. The number of hydrogen-bond donors (Lipinski definition) is 1. The molecule has 2 heterocycles. The van der Waals surface area contributed by atoms with Crippen molar-refractivity contribution in [1.82, 2.24) is 9.97 Å². The molecule has 0 spiro atoms. The predicted molar refractivity (Wildman–Crippen MR) is 99.0 cm³/mol. The molecule has 0 unspecified atom stereocenters. The van der Waals surface area contributed by atoms with Gasteiger partial charge >= 0.3 is 0 Å². The van der Waals surface area contributed by atoms with Gasteiger partial charge in [0.2, 0.25) is 0 Å². The van der Waals surface area contributed by atoms with Gasteiger partial charge in [-0.1, -0.05) is 18.2 Å². The van der Waals surface area contributed by atoms with E-state index in [2.05, 4.69) is 43.3 Å². The SMILES string of the molecule is Cc1cc(Br)cnc1NCc1ccc(OCc2cccnc2)cc1. The van der Waals surface area contributed by atoms with E-state index in [4.69, 9.17) is 4.74 Å². The minimum Gasteiger partial charge on any atom is -0.489 e. The van der Waals surface area contributed by atoms with Crippen molar-refractivity contribution in [3.8, 4) is 5.75 Å². The number of hydrogen-bond acceptors (Lipinski definition) is 4. The summed E-state index contributed by atoms with van der Waals surface area (Å²) in [7, 11) is 0. The van der Waals surface area contributed by atoms with Gasteiger partial charge in [-0.3, -0.25) is 4.98 Å². The Morgan fingerprint density at radius 1 is 1.08 bits per heavy atom. The lowest BCUT2D eigenvalue weighted by Gasteiger charge is -2.10. The van der Waals surface area contributed by atoms with E-state index in [1.54, 1.807) is 12.4 Å². The molecule has 0 fully saturated rings. The van der Waals surface area contributed by atoms with Crippen molar-refractivity contribution in [3.05, 3.63) is 82.2 Å². The molecule has 0 amide bonds. The van der Waals surface area contributed by atoms with Crippen LogP contribution in [0.1, 0.15) is 16.7 Å². The number of nitrogens with zero attached hydrogens (tertiary/aromatic N) is 2. The Hall–Kier alpha value is -2.40. The Bertz CT molecular complexity index is 791. The predicted octanol–water partition coefficient (Wildman–Crippen LogP) is 4.74. The van der Waals surface area contributed by atoms with Crippen LogP contribution in [0.4, 0.5) is 5.82 Å². The van der Waals surface area contributed by atoms with Crippen LogP contribution in [-0.2, 0) is 13.2 Å². The Kier molecular flexibility index (Phi) is 5.43. The van der Waals surface area contributed by atoms with Gasteiger partial charge in [-0.15, -0.1) is 0 Å². The van der Waals surface area contributed by atoms with Crippen molar-refractivity contribution in [2.24, 2.45) is 0 Å². The van der Waals surface area contributed by atoms with Gasteiger partial charge in [-0.05, 0) is 58.2 Å². The number of pyridine rings is 2. The van der Waals surface area contributed by atoms with Crippen LogP contribution in [0.5, 0.6) is 5.75 Å². The normalized spacial score (nSPS) is 10.4. The fraction of sp³-hybridized carbons (Fsp3) is 0.158. The van der Waals surface area contributed by atoms with Crippen molar-refractivity contribution in [2.45, 2.75) is 20.1 Å². The molecule has 0 aliphatic heterocycles. The number of halogens is 1. The lowest BCUT2D eigenvalue weighted by molar-refractivity contribution is 0.305. The van der Waals surface area contributed by atoms with Crippen LogP contribution in [0, 0.1) is 6.92 Å². The van der Waals surface area contributed by atoms with E-state index in [1.807, 2.05) is 43.5 Å². The second kappa shape index (κ2) is 7.93. The molecule has 3 rings (SSSR count). The number of aromatic nitrogens is 2. The number of nitrogens with one attached hydrogen (secondary N) is 1. The van der Waals surface area contributed by atoms with Crippen LogP contribution in [0.2, 0.25) is 0 Å². The molecule has 24 heavy (non-hydrogen) atoms. The summed E-state index contributed by atoms with van der Waals surface area (Å²) in [5.41, 5.74) is 3.34. The number of rotatable bonds is 6. The summed E-state index contributed by atoms with van der Waals surface area (Å²) in [6, 6.07) is 14.0. The summed E-state index contributed by atoms with van der Waals surface area (Å²) in [4.78, 5) is 8.46. The molecule has 0 radical (unpaired) electrons. The van der Waals surface area contributed by atoms with Crippen LogP contribution in [0.15, 0.2) is 65.5 Å². The molecular formula is C19H18BrN3O. The Morgan fingerprint density at radius 2 is 1.92 bits per heavy atom. The fourth-order valence-electron chi connectivity index (χ4n) is 2.27. The standard InChI is InChI=1S/C19H18BrN3O/c1-14-9-17(20)12-23-19(14)22-11-15-4-6-18(7-5-15)24-13-16-3-2-8-21-10-16/h2-10,12H,11,13H2,1H3,(H,22,23). The van der Waals surface area contributed by atoms with Gasteiger partial charge < -0.3 is 10.1 Å². The molecule has 2 aromatic heterocycles. The molecule has 122 valence electrons. The zero-order chi connectivity index (χ0) is 16.8. The van der Waals surface area contributed by atoms with E-state index >= 15 is 0 Å². The maximum atomic E-state index is 5.76. The van der Waals surface area contributed by atoms with Gasteiger partial charge in [0.15, 0.2) is 0 Å². The van der Waals surface area contributed by atoms with E-state index in [9.17, 15) is 0 Å². The van der Waals surface area contributed by atoms with Gasteiger partial charge in [0.1, 0.15) is 18.2 Å². The number of ether oxygens (including phenoxy) is 1. The zero-order valence-electron chi connectivity index (χ0n) is 13.4. The molecule has 0 atom stereocenters. The Balaban J connectivity index is 1.54. The molecule has 4 nitrogen and oxygen atoms in total. The second-order valence-electron chi connectivity index (χ2n) is 5.47. The third-order valence-electron chi connectivity index (χ3n) is 3.56. The van der Waals surface area contributed by atoms with Crippen LogP contribution < -0.4 is 10.1 Å². The van der Waals surface area contributed by atoms with Crippen LogP contribution in [-0.4, -0.2) is 9.97 Å². The first-order valence-corrected chi connectivity index (χ1v) is 8.47. The highest BCUT2D eigenvalue weighted by Crippen LogP contribution is 2.18. The minimum atomic E-state index is 0.521. The van der Waals surface area contributed by atoms with E-state index in [1.165, 1.54) is 5.56 Å². The molecule has 5 heteroatoms. The first kappa shape index (κ1) is 16.5. The summed E-state index contributed by atoms with van der Waals surface area (Å²) in [5, 5.41) is 3.35. The Labute approximate surface area is 150 Å². The number of anilines is 1. The van der Waals surface area contributed by atoms with Crippen molar-refractivity contribution < 1.29 is 4.74 Å². The molecule has 3 aromatic rings. The van der Waals surface area contributed by atoms with E-state index in [0.29, 0.717) is 6.61 Å². The highest BCUT2D eigenvalue weighted by Gasteiger charge is 2.01. The van der Waals surface area contributed by atoms with E-state index in [0.717, 1.165) is 33.7 Å². The summed E-state index contributed by atoms with van der Waals surface area (Å²) >= 11 is 3.42. The third kappa shape index (κ3) is 4.55. The average molecular weight is 384 g/mol. The maximum Gasteiger partial charge on any atom is 0.129 e. The largest absolute Gasteiger partial charge is 0.489 e.